The molecule has 3 rings (SSSR count). The number of ether oxygens (including phenoxy) is 2. The largest absolute Gasteiger partial charge is 0.486 e. The van der Waals surface area contributed by atoms with Crippen LogP contribution in [-0.4, -0.2) is 42.4 Å². The molecule has 2 aliphatic heterocycles. The van der Waals surface area contributed by atoms with Gasteiger partial charge in [0.2, 0.25) is 0 Å². The highest BCUT2D eigenvalue weighted by Crippen LogP contribution is 2.33. The van der Waals surface area contributed by atoms with E-state index in [1.807, 2.05) is 24.4 Å². The summed E-state index contributed by atoms with van der Waals surface area (Å²) in [6.07, 6.45) is 4.49. The molecule has 2 heterocycles. The number of benzene rings is 1. The first-order valence-corrected chi connectivity index (χ1v) is 6.98. The molecule has 1 aromatic rings. The molecule has 20 heavy (non-hydrogen) atoms. The summed E-state index contributed by atoms with van der Waals surface area (Å²) in [7, 11) is 0. The zero-order valence-corrected chi connectivity index (χ0v) is 11.4. The second kappa shape index (κ2) is 5.73. The minimum Gasteiger partial charge on any atom is -0.486 e. The van der Waals surface area contributed by atoms with Gasteiger partial charge in [0.1, 0.15) is 13.2 Å². The van der Waals surface area contributed by atoms with Crippen molar-refractivity contribution >= 4 is 0 Å². The highest BCUT2D eigenvalue weighted by molar-refractivity contribution is 5.44. The van der Waals surface area contributed by atoms with Crippen molar-refractivity contribution in [3.63, 3.8) is 0 Å². The third kappa shape index (κ3) is 2.73. The fourth-order valence-electron chi connectivity index (χ4n) is 2.55. The summed E-state index contributed by atoms with van der Waals surface area (Å²) >= 11 is 0. The van der Waals surface area contributed by atoms with Crippen molar-refractivity contribution in [3.8, 4) is 11.5 Å². The Morgan fingerprint density at radius 3 is 2.80 bits per heavy atom. The Kier molecular flexibility index (Phi) is 3.80. The van der Waals surface area contributed by atoms with E-state index in [0.717, 1.165) is 24.3 Å². The van der Waals surface area contributed by atoms with E-state index in [1.54, 1.807) is 0 Å². The number of hydrogen-bond donors (Lipinski definition) is 2. The van der Waals surface area contributed by atoms with E-state index in [9.17, 15) is 5.11 Å². The molecule has 0 fully saturated rings. The van der Waals surface area contributed by atoms with Gasteiger partial charge in [-0.05, 0) is 30.3 Å². The van der Waals surface area contributed by atoms with Gasteiger partial charge < -0.3 is 25.2 Å². The van der Waals surface area contributed by atoms with Crippen LogP contribution in [0.25, 0.3) is 0 Å². The van der Waals surface area contributed by atoms with Crippen molar-refractivity contribution in [2.45, 2.75) is 18.6 Å². The van der Waals surface area contributed by atoms with Crippen molar-refractivity contribution in [3.05, 3.63) is 36.0 Å². The average molecular weight is 276 g/mol. The van der Waals surface area contributed by atoms with Crippen molar-refractivity contribution in [2.24, 2.45) is 5.73 Å². The topological polar surface area (TPSA) is 68.0 Å². The van der Waals surface area contributed by atoms with E-state index in [0.29, 0.717) is 25.5 Å². The Bertz CT molecular complexity index is 504. The first-order chi connectivity index (χ1) is 9.74. The van der Waals surface area contributed by atoms with Crippen molar-refractivity contribution < 1.29 is 14.6 Å². The molecular weight excluding hydrogens is 256 g/mol. The van der Waals surface area contributed by atoms with E-state index >= 15 is 0 Å². The van der Waals surface area contributed by atoms with Crippen LogP contribution < -0.4 is 15.2 Å². The molecule has 5 heteroatoms. The predicted octanol–water partition coefficient (Wildman–Crippen LogP) is 1.04. The van der Waals surface area contributed by atoms with Crippen LogP contribution in [0.3, 0.4) is 0 Å². The van der Waals surface area contributed by atoms with Crippen LogP contribution in [-0.2, 0) is 0 Å². The molecule has 2 atom stereocenters. The van der Waals surface area contributed by atoms with Crippen molar-refractivity contribution in [2.75, 3.05) is 26.3 Å². The van der Waals surface area contributed by atoms with E-state index < -0.39 is 6.10 Å². The first-order valence-electron chi connectivity index (χ1n) is 6.98. The number of nitrogens with two attached hydrogens (primary N) is 1. The summed E-state index contributed by atoms with van der Waals surface area (Å²) < 4.78 is 11.0. The third-order valence-corrected chi connectivity index (χ3v) is 3.66. The molecule has 0 spiro atoms. The lowest BCUT2D eigenvalue weighted by atomic mass is 10.0. The maximum Gasteiger partial charge on any atom is 0.161 e. The first kappa shape index (κ1) is 13.3. The zero-order valence-electron chi connectivity index (χ0n) is 11.4. The Balaban J connectivity index is 1.69. The standard InChI is InChI=1S/C15H20N2O3/c16-12(10-17-5-1-2-6-17)15(18)11-3-4-13-14(9-11)20-8-7-19-13/h1,3-5,9,12,15,18H,2,6-8,10,16H2/t12-,15-/m0/s1. The maximum absolute atomic E-state index is 10.4. The van der Waals surface area contributed by atoms with E-state index in [4.69, 9.17) is 15.2 Å². The highest BCUT2D eigenvalue weighted by Gasteiger charge is 2.22. The summed E-state index contributed by atoms with van der Waals surface area (Å²) in [5, 5.41) is 10.4. The van der Waals surface area contributed by atoms with Gasteiger partial charge in [0.05, 0.1) is 12.1 Å². The number of hydrogen-bond acceptors (Lipinski definition) is 5. The molecule has 0 radical (unpaired) electrons. The molecule has 0 saturated heterocycles. The van der Waals surface area contributed by atoms with Crippen LogP contribution in [0.1, 0.15) is 18.1 Å². The SMILES string of the molecule is N[C@@H](CN1C=CCC1)[C@@H](O)c1ccc2c(c1)OCCO2. The minimum atomic E-state index is -0.708. The summed E-state index contributed by atoms with van der Waals surface area (Å²) in [6.45, 7) is 2.72. The molecule has 0 bridgehead atoms. The van der Waals surface area contributed by atoms with Crippen LogP contribution in [0.4, 0.5) is 0 Å². The van der Waals surface area contributed by atoms with Gasteiger partial charge in [-0.15, -0.1) is 0 Å². The monoisotopic (exact) mass is 276 g/mol. The van der Waals surface area contributed by atoms with Crippen LogP contribution in [0.15, 0.2) is 30.5 Å². The van der Waals surface area contributed by atoms with Crippen molar-refractivity contribution in [1.29, 1.82) is 0 Å². The summed E-state index contributed by atoms with van der Waals surface area (Å²) in [5.74, 6) is 1.41. The second-order valence-electron chi connectivity index (χ2n) is 5.18. The lowest BCUT2D eigenvalue weighted by molar-refractivity contribution is 0.129. The quantitative estimate of drug-likeness (QED) is 0.860. The molecule has 0 aliphatic carbocycles. The zero-order chi connectivity index (χ0) is 13.9. The molecule has 0 aromatic heterocycles. The van der Waals surface area contributed by atoms with Crippen molar-refractivity contribution in [1.82, 2.24) is 4.90 Å². The molecule has 1 aromatic carbocycles. The van der Waals surface area contributed by atoms with E-state index in [-0.39, 0.29) is 6.04 Å². The molecule has 0 unspecified atom stereocenters. The number of rotatable bonds is 4. The van der Waals surface area contributed by atoms with Gasteiger partial charge in [0.25, 0.3) is 0 Å². The smallest absolute Gasteiger partial charge is 0.161 e. The number of aliphatic hydroxyl groups excluding tert-OH is 1. The summed E-state index contributed by atoms with van der Waals surface area (Å²) in [4.78, 5) is 2.13. The Morgan fingerprint density at radius 1 is 1.25 bits per heavy atom. The van der Waals surface area contributed by atoms with Crippen LogP contribution in [0.5, 0.6) is 11.5 Å². The van der Waals surface area contributed by atoms with Crippen LogP contribution in [0.2, 0.25) is 0 Å². The lowest BCUT2D eigenvalue weighted by Crippen LogP contribution is -2.38. The molecule has 0 saturated carbocycles. The maximum atomic E-state index is 10.4. The van der Waals surface area contributed by atoms with Crippen LogP contribution >= 0.6 is 0 Å². The lowest BCUT2D eigenvalue weighted by Gasteiger charge is -2.26. The summed E-state index contributed by atoms with van der Waals surface area (Å²) in [5.41, 5.74) is 6.88. The molecule has 108 valence electrons. The molecule has 5 nitrogen and oxygen atoms in total. The second-order valence-corrected chi connectivity index (χ2v) is 5.18. The average Bonchev–Trinajstić information content (AvgIpc) is 2.99. The third-order valence-electron chi connectivity index (χ3n) is 3.66. The predicted molar refractivity (Wildman–Crippen MR) is 75.7 cm³/mol. The number of fused-ring (bicyclic) bond motifs is 1. The van der Waals surface area contributed by atoms with Gasteiger partial charge in [0, 0.05) is 13.1 Å². The highest BCUT2D eigenvalue weighted by atomic mass is 16.6. The van der Waals surface area contributed by atoms with Gasteiger partial charge >= 0.3 is 0 Å². The fraction of sp³-hybridized carbons (Fsp3) is 0.467. The van der Waals surface area contributed by atoms with E-state index in [2.05, 4.69) is 11.0 Å². The Labute approximate surface area is 118 Å². The normalized spacial score (nSPS) is 20.0. The number of nitrogens with zero attached hydrogens (tertiary/aromatic N) is 1. The van der Waals surface area contributed by atoms with Gasteiger partial charge in [-0.2, -0.15) is 0 Å². The summed E-state index contributed by atoms with van der Waals surface area (Å²) in [6, 6.07) is 5.16. The van der Waals surface area contributed by atoms with Gasteiger partial charge in [-0.3, -0.25) is 0 Å². The minimum absolute atomic E-state index is 0.333. The number of aliphatic hydroxyl groups is 1. The van der Waals surface area contributed by atoms with E-state index in [1.165, 1.54) is 0 Å². The Morgan fingerprint density at radius 2 is 2.05 bits per heavy atom. The molecule has 2 aliphatic rings. The van der Waals surface area contributed by atoms with Gasteiger partial charge in [-0.25, -0.2) is 0 Å². The molecular formula is C15H20N2O3. The molecule has 3 N–H and O–H groups in total. The molecule has 0 amide bonds. The van der Waals surface area contributed by atoms with Gasteiger partial charge in [-0.1, -0.05) is 12.1 Å². The Hall–Kier alpha value is -1.72. The fourth-order valence-corrected chi connectivity index (χ4v) is 2.55. The van der Waals surface area contributed by atoms with Gasteiger partial charge in [0.15, 0.2) is 11.5 Å². The van der Waals surface area contributed by atoms with Crippen LogP contribution in [0, 0.1) is 0 Å².